The SMILES string of the molecule is CCOc1noc(C2CC(c3ccc(CC)c(F)c3)CN(C(=O)N3CCSCC3)C2)n1. The van der Waals surface area contributed by atoms with Gasteiger partial charge in [-0.2, -0.15) is 16.7 Å². The summed E-state index contributed by atoms with van der Waals surface area (Å²) in [5, 5.41) is 3.89. The lowest BCUT2D eigenvalue weighted by Gasteiger charge is -2.40. The van der Waals surface area contributed by atoms with Crippen molar-refractivity contribution in [3.63, 3.8) is 0 Å². The number of aromatic nitrogens is 2. The number of nitrogens with zero attached hydrogens (tertiary/aromatic N) is 4. The van der Waals surface area contributed by atoms with E-state index in [1.807, 2.05) is 47.5 Å². The molecule has 2 saturated heterocycles. The van der Waals surface area contributed by atoms with Crippen LogP contribution in [-0.2, 0) is 6.42 Å². The minimum atomic E-state index is -0.190. The summed E-state index contributed by atoms with van der Waals surface area (Å²) in [4.78, 5) is 21.4. The molecule has 9 heteroatoms. The lowest BCUT2D eigenvalue weighted by atomic mass is 9.84. The number of piperidine rings is 1. The molecule has 2 aromatic rings. The van der Waals surface area contributed by atoms with Crippen LogP contribution in [0.5, 0.6) is 6.01 Å². The highest BCUT2D eigenvalue weighted by Gasteiger charge is 2.36. The number of rotatable bonds is 5. The van der Waals surface area contributed by atoms with Crippen LogP contribution >= 0.6 is 11.8 Å². The fraction of sp³-hybridized carbons (Fsp3) is 0.591. The number of amides is 2. The molecule has 0 bridgehead atoms. The largest absolute Gasteiger partial charge is 0.462 e. The standard InChI is InChI=1S/C22H29FN4O3S/c1-3-15-5-6-16(12-19(15)23)17-11-18(20-24-21(25-30-20)29-4-2)14-27(13-17)22(28)26-7-9-31-10-8-26/h5-6,12,17-18H,3-4,7-11,13-14H2,1-2H3. The molecule has 0 radical (unpaired) electrons. The van der Waals surface area contributed by atoms with Gasteiger partial charge in [0.15, 0.2) is 0 Å². The van der Waals surface area contributed by atoms with Crippen molar-refractivity contribution in [1.82, 2.24) is 19.9 Å². The summed E-state index contributed by atoms with van der Waals surface area (Å²) in [7, 11) is 0. The zero-order valence-corrected chi connectivity index (χ0v) is 18.9. The van der Waals surface area contributed by atoms with E-state index >= 15 is 0 Å². The van der Waals surface area contributed by atoms with Gasteiger partial charge in [0.05, 0.1) is 12.5 Å². The van der Waals surface area contributed by atoms with Crippen LogP contribution < -0.4 is 4.74 Å². The molecule has 1 aromatic heterocycles. The number of thioether (sulfide) groups is 1. The second-order valence-electron chi connectivity index (χ2n) is 7.97. The molecule has 4 rings (SSSR count). The molecule has 2 unspecified atom stereocenters. The van der Waals surface area contributed by atoms with E-state index < -0.39 is 0 Å². The van der Waals surface area contributed by atoms with Gasteiger partial charge in [-0.3, -0.25) is 0 Å². The number of carbonyl (C=O) groups is 1. The molecule has 2 aliphatic rings. The zero-order chi connectivity index (χ0) is 21.8. The van der Waals surface area contributed by atoms with Crippen LogP contribution in [0, 0.1) is 5.82 Å². The highest BCUT2D eigenvalue weighted by atomic mass is 32.2. The van der Waals surface area contributed by atoms with Crippen molar-refractivity contribution in [2.24, 2.45) is 0 Å². The van der Waals surface area contributed by atoms with Gasteiger partial charge in [0, 0.05) is 43.6 Å². The Balaban J connectivity index is 1.59. The Morgan fingerprint density at radius 1 is 1.23 bits per heavy atom. The third-order valence-corrected chi connectivity index (χ3v) is 6.92. The summed E-state index contributed by atoms with van der Waals surface area (Å²) in [5.41, 5.74) is 1.60. The smallest absolute Gasteiger partial charge is 0.354 e. The van der Waals surface area contributed by atoms with Crippen LogP contribution in [-0.4, -0.2) is 70.3 Å². The monoisotopic (exact) mass is 448 g/mol. The van der Waals surface area contributed by atoms with Gasteiger partial charge in [0.2, 0.25) is 5.89 Å². The molecule has 2 amide bonds. The van der Waals surface area contributed by atoms with Gasteiger partial charge >= 0.3 is 12.0 Å². The Kier molecular flexibility index (Phi) is 6.99. The third-order valence-electron chi connectivity index (χ3n) is 5.98. The Morgan fingerprint density at radius 2 is 2.00 bits per heavy atom. The van der Waals surface area contributed by atoms with Crippen molar-refractivity contribution >= 4 is 17.8 Å². The topological polar surface area (TPSA) is 71.7 Å². The molecular formula is C22H29FN4O3S. The van der Waals surface area contributed by atoms with Crippen LogP contribution in [0.1, 0.15) is 49.1 Å². The number of benzene rings is 1. The van der Waals surface area contributed by atoms with E-state index in [4.69, 9.17) is 9.26 Å². The van der Waals surface area contributed by atoms with Crippen molar-refractivity contribution in [2.75, 3.05) is 44.3 Å². The third kappa shape index (κ3) is 4.97. The van der Waals surface area contributed by atoms with Crippen LogP contribution in [0.25, 0.3) is 0 Å². The van der Waals surface area contributed by atoms with Crippen molar-refractivity contribution in [3.05, 3.63) is 41.0 Å². The maximum absolute atomic E-state index is 14.5. The molecule has 2 fully saturated rings. The van der Waals surface area contributed by atoms with Crippen molar-refractivity contribution in [3.8, 4) is 6.01 Å². The minimum Gasteiger partial charge on any atom is -0.462 e. The van der Waals surface area contributed by atoms with Crippen LogP contribution in [0.15, 0.2) is 22.7 Å². The molecule has 0 saturated carbocycles. The van der Waals surface area contributed by atoms with E-state index in [9.17, 15) is 9.18 Å². The average molecular weight is 449 g/mol. The Hall–Kier alpha value is -2.29. The van der Waals surface area contributed by atoms with Crippen LogP contribution in [0.2, 0.25) is 0 Å². The molecule has 168 valence electrons. The Bertz CT molecular complexity index is 903. The first-order valence-electron chi connectivity index (χ1n) is 10.9. The average Bonchev–Trinajstić information content (AvgIpc) is 3.28. The summed E-state index contributed by atoms with van der Waals surface area (Å²) in [6.07, 6.45) is 1.36. The van der Waals surface area contributed by atoms with Crippen molar-refractivity contribution in [1.29, 1.82) is 0 Å². The fourth-order valence-corrected chi connectivity index (χ4v) is 5.21. The number of hydrogen-bond acceptors (Lipinski definition) is 6. The minimum absolute atomic E-state index is 0.00952. The molecule has 7 nitrogen and oxygen atoms in total. The van der Waals surface area contributed by atoms with Crippen LogP contribution in [0.4, 0.5) is 9.18 Å². The van der Waals surface area contributed by atoms with E-state index in [2.05, 4.69) is 10.1 Å². The number of hydrogen-bond donors (Lipinski definition) is 0. The van der Waals surface area contributed by atoms with Gasteiger partial charge in [0.25, 0.3) is 0 Å². The highest BCUT2D eigenvalue weighted by Crippen LogP contribution is 2.36. The summed E-state index contributed by atoms with van der Waals surface area (Å²) in [5.74, 6) is 2.05. The molecule has 1 aromatic carbocycles. The van der Waals surface area contributed by atoms with Crippen LogP contribution in [0.3, 0.4) is 0 Å². The van der Waals surface area contributed by atoms with Gasteiger partial charge in [-0.05, 0) is 42.1 Å². The highest BCUT2D eigenvalue weighted by molar-refractivity contribution is 7.99. The molecule has 2 atom stereocenters. The van der Waals surface area contributed by atoms with Crippen molar-refractivity contribution < 1.29 is 18.4 Å². The Labute approximate surface area is 186 Å². The molecule has 0 aliphatic carbocycles. The van der Waals surface area contributed by atoms with Gasteiger partial charge in [-0.25, -0.2) is 9.18 Å². The first-order chi connectivity index (χ1) is 15.1. The molecule has 3 heterocycles. The zero-order valence-electron chi connectivity index (χ0n) is 18.1. The van der Waals surface area contributed by atoms with E-state index in [1.54, 1.807) is 6.07 Å². The molecule has 0 N–H and O–H groups in total. The summed E-state index contributed by atoms with van der Waals surface area (Å²) >= 11 is 1.87. The second-order valence-corrected chi connectivity index (χ2v) is 9.19. The first kappa shape index (κ1) is 21.9. The number of likely N-dealkylation sites (tertiary alicyclic amines) is 1. The quantitative estimate of drug-likeness (QED) is 0.691. The molecular weight excluding hydrogens is 419 g/mol. The number of carbonyl (C=O) groups excluding carboxylic acids is 1. The predicted molar refractivity (Wildman–Crippen MR) is 117 cm³/mol. The summed E-state index contributed by atoms with van der Waals surface area (Å²) in [6, 6.07) is 5.69. The molecule has 0 spiro atoms. The van der Waals surface area contributed by atoms with E-state index in [-0.39, 0.29) is 29.7 Å². The van der Waals surface area contributed by atoms with Gasteiger partial charge < -0.3 is 19.1 Å². The second kappa shape index (κ2) is 9.89. The first-order valence-corrected chi connectivity index (χ1v) is 12.1. The Morgan fingerprint density at radius 3 is 2.71 bits per heavy atom. The van der Waals surface area contributed by atoms with Gasteiger partial charge in [-0.15, -0.1) is 0 Å². The lowest BCUT2D eigenvalue weighted by Crippen LogP contribution is -2.51. The van der Waals surface area contributed by atoms with E-state index in [0.717, 1.165) is 30.2 Å². The maximum Gasteiger partial charge on any atom is 0.354 e. The number of urea groups is 1. The molecule has 31 heavy (non-hydrogen) atoms. The fourth-order valence-electron chi connectivity index (χ4n) is 4.31. The van der Waals surface area contributed by atoms with E-state index in [0.29, 0.717) is 44.0 Å². The van der Waals surface area contributed by atoms with E-state index in [1.165, 1.54) is 0 Å². The normalized spacial score (nSPS) is 21.9. The predicted octanol–water partition coefficient (Wildman–Crippen LogP) is 3.91. The number of halogens is 1. The van der Waals surface area contributed by atoms with Gasteiger partial charge in [-0.1, -0.05) is 19.1 Å². The molecule has 2 aliphatic heterocycles. The van der Waals surface area contributed by atoms with Gasteiger partial charge in [0.1, 0.15) is 5.82 Å². The summed E-state index contributed by atoms with van der Waals surface area (Å²) in [6.45, 7) is 6.82. The summed E-state index contributed by atoms with van der Waals surface area (Å²) < 4.78 is 25.3. The maximum atomic E-state index is 14.5. The number of ether oxygens (including phenoxy) is 1. The van der Waals surface area contributed by atoms with Crippen molar-refractivity contribution in [2.45, 2.75) is 38.5 Å². The number of aryl methyl sites for hydroxylation is 1. The lowest BCUT2D eigenvalue weighted by molar-refractivity contribution is 0.130.